The van der Waals surface area contributed by atoms with E-state index in [9.17, 15) is 4.79 Å². The van der Waals surface area contributed by atoms with Crippen LogP contribution in [0, 0.1) is 0 Å². The molecule has 2 N–H and O–H groups in total. The Kier molecular flexibility index (Phi) is 3.80. The molecule has 0 bridgehead atoms. The number of nitrogens with two attached hydrogens (primary N) is 1. The predicted molar refractivity (Wildman–Crippen MR) is 76.4 cm³/mol. The maximum Gasteiger partial charge on any atom is 0.414 e. The molecule has 4 heteroatoms. The highest BCUT2D eigenvalue weighted by Gasteiger charge is 2.33. The Balaban J connectivity index is 2.47. The molecule has 1 unspecified atom stereocenters. The summed E-state index contributed by atoms with van der Waals surface area (Å²) in [6.45, 7) is 7.32. The van der Waals surface area contributed by atoms with E-state index in [-0.39, 0.29) is 17.6 Å². The van der Waals surface area contributed by atoms with Gasteiger partial charge in [-0.3, -0.25) is 4.90 Å². The van der Waals surface area contributed by atoms with Crippen LogP contribution < -0.4 is 10.6 Å². The SMILES string of the molecule is CC(C)(C)c1ccccc1N1C(=O)OCCC1CN. The molecule has 0 radical (unpaired) electrons. The number of ether oxygens (including phenoxy) is 1. The van der Waals surface area contributed by atoms with Crippen molar-refractivity contribution < 1.29 is 9.53 Å². The second-order valence-electron chi connectivity index (χ2n) is 5.93. The number of hydrogen-bond donors (Lipinski definition) is 1. The Hall–Kier alpha value is -1.55. The molecule has 1 atom stereocenters. The average molecular weight is 262 g/mol. The number of carbonyl (C=O) groups excluding carboxylic acids is 1. The van der Waals surface area contributed by atoms with Gasteiger partial charge in [-0.1, -0.05) is 39.0 Å². The maximum atomic E-state index is 12.1. The molecule has 1 aliphatic heterocycles. The van der Waals surface area contributed by atoms with Crippen molar-refractivity contribution >= 4 is 11.8 Å². The van der Waals surface area contributed by atoms with E-state index in [0.717, 1.165) is 17.7 Å². The van der Waals surface area contributed by atoms with E-state index in [2.05, 4.69) is 26.8 Å². The molecule has 1 amide bonds. The Morgan fingerprint density at radius 3 is 2.68 bits per heavy atom. The first-order chi connectivity index (χ1) is 8.95. The normalized spacial score (nSPS) is 20.3. The highest BCUT2D eigenvalue weighted by molar-refractivity contribution is 5.90. The number of cyclic esters (lactones) is 1. The van der Waals surface area contributed by atoms with Gasteiger partial charge in [0.25, 0.3) is 0 Å². The lowest BCUT2D eigenvalue weighted by atomic mass is 9.85. The van der Waals surface area contributed by atoms with Crippen molar-refractivity contribution in [2.75, 3.05) is 18.1 Å². The van der Waals surface area contributed by atoms with Crippen LogP contribution in [-0.2, 0) is 10.2 Å². The highest BCUT2D eigenvalue weighted by atomic mass is 16.6. The third-order valence-corrected chi connectivity index (χ3v) is 3.48. The molecule has 0 saturated carbocycles. The molecule has 0 spiro atoms. The number of para-hydroxylation sites is 1. The minimum Gasteiger partial charge on any atom is -0.449 e. The largest absolute Gasteiger partial charge is 0.449 e. The molecule has 19 heavy (non-hydrogen) atoms. The Morgan fingerprint density at radius 2 is 2.05 bits per heavy atom. The molecule has 1 aliphatic rings. The highest BCUT2D eigenvalue weighted by Crippen LogP contribution is 2.34. The third kappa shape index (κ3) is 2.73. The van der Waals surface area contributed by atoms with E-state index in [1.165, 1.54) is 0 Å². The summed E-state index contributed by atoms with van der Waals surface area (Å²) in [5, 5.41) is 0. The van der Waals surface area contributed by atoms with Gasteiger partial charge in [-0.15, -0.1) is 0 Å². The number of anilines is 1. The van der Waals surface area contributed by atoms with Gasteiger partial charge in [0, 0.05) is 13.0 Å². The van der Waals surface area contributed by atoms with Crippen LogP contribution in [0.15, 0.2) is 24.3 Å². The van der Waals surface area contributed by atoms with Crippen molar-refractivity contribution in [3.63, 3.8) is 0 Å². The van der Waals surface area contributed by atoms with Crippen molar-refractivity contribution in [2.45, 2.75) is 38.6 Å². The van der Waals surface area contributed by atoms with Crippen LogP contribution in [0.1, 0.15) is 32.8 Å². The topological polar surface area (TPSA) is 55.6 Å². The zero-order valence-corrected chi connectivity index (χ0v) is 11.8. The summed E-state index contributed by atoms with van der Waals surface area (Å²) in [6, 6.07) is 7.99. The molecule has 104 valence electrons. The fourth-order valence-electron chi connectivity index (χ4n) is 2.47. The predicted octanol–water partition coefficient (Wildman–Crippen LogP) is 2.66. The molecule has 1 heterocycles. The maximum absolute atomic E-state index is 12.1. The van der Waals surface area contributed by atoms with Crippen molar-refractivity contribution in [3.8, 4) is 0 Å². The van der Waals surface area contributed by atoms with Crippen LogP contribution >= 0.6 is 0 Å². The number of hydrogen-bond acceptors (Lipinski definition) is 3. The monoisotopic (exact) mass is 262 g/mol. The van der Waals surface area contributed by atoms with Crippen LogP contribution in [0.2, 0.25) is 0 Å². The van der Waals surface area contributed by atoms with Crippen LogP contribution in [0.4, 0.5) is 10.5 Å². The molecule has 1 saturated heterocycles. The van der Waals surface area contributed by atoms with Crippen molar-refractivity contribution in [3.05, 3.63) is 29.8 Å². The van der Waals surface area contributed by atoms with Gasteiger partial charge in [-0.2, -0.15) is 0 Å². The molecule has 1 fully saturated rings. The minimum absolute atomic E-state index is 0.0183. The van der Waals surface area contributed by atoms with Crippen LogP contribution in [0.25, 0.3) is 0 Å². The summed E-state index contributed by atoms with van der Waals surface area (Å²) in [6.07, 6.45) is 0.485. The first kappa shape index (κ1) is 13.9. The van der Waals surface area contributed by atoms with E-state index in [4.69, 9.17) is 10.5 Å². The van der Waals surface area contributed by atoms with Gasteiger partial charge < -0.3 is 10.5 Å². The van der Waals surface area contributed by atoms with Gasteiger partial charge >= 0.3 is 6.09 Å². The van der Waals surface area contributed by atoms with Gasteiger partial charge in [0.1, 0.15) is 0 Å². The number of nitrogens with zero attached hydrogens (tertiary/aromatic N) is 1. The number of carbonyl (C=O) groups is 1. The minimum atomic E-state index is -0.293. The molecule has 1 aromatic rings. The van der Waals surface area contributed by atoms with Crippen molar-refractivity contribution in [1.29, 1.82) is 0 Å². The van der Waals surface area contributed by atoms with Gasteiger partial charge in [-0.05, 0) is 17.0 Å². The number of rotatable bonds is 2. The Morgan fingerprint density at radius 1 is 1.37 bits per heavy atom. The van der Waals surface area contributed by atoms with Crippen LogP contribution in [-0.4, -0.2) is 25.3 Å². The summed E-state index contributed by atoms with van der Waals surface area (Å²) >= 11 is 0. The molecular formula is C15H22N2O2. The molecule has 4 nitrogen and oxygen atoms in total. The number of benzene rings is 1. The Labute approximate surface area is 114 Å². The second kappa shape index (κ2) is 5.21. The first-order valence-corrected chi connectivity index (χ1v) is 6.70. The molecule has 1 aromatic carbocycles. The van der Waals surface area contributed by atoms with Gasteiger partial charge in [0.15, 0.2) is 0 Å². The lowest BCUT2D eigenvalue weighted by Gasteiger charge is -2.37. The summed E-state index contributed by atoms with van der Waals surface area (Å²) in [7, 11) is 0. The zero-order valence-electron chi connectivity index (χ0n) is 11.8. The fourth-order valence-corrected chi connectivity index (χ4v) is 2.47. The van der Waals surface area contributed by atoms with E-state index in [0.29, 0.717) is 13.2 Å². The Bertz CT molecular complexity index is 465. The lowest BCUT2D eigenvalue weighted by molar-refractivity contribution is 0.130. The van der Waals surface area contributed by atoms with E-state index >= 15 is 0 Å². The van der Waals surface area contributed by atoms with E-state index in [1.807, 2.05) is 18.2 Å². The van der Waals surface area contributed by atoms with Crippen LogP contribution in [0.5, 0.6) is 0 Å². The summed E-state index contributed by atoms with van der Waals surface area (Å²) in [5.41, 5.74) is 7.81. The molecular weight excluding hydrogens is 240 g/mol. The van der Waals surface area contributed by atoms with Gasteiger partial charge in [0.2, 0.25) is 0 Å². The molecule has 0 aromatic heterocycles. The molecule has 0 aliphatic carbocycles. The zero-order chi connectivity index (χ0) is 14.0. The van der Waals surface area contributed by atoms with Gasteiger partial charge in [-0.25, -0.2) is 4.79 Å². The second-order valence-corrected chi connectivity index (χ2v) is 5.93. The third-order valence-electron chi connectivity index (χ3n) is 3.48. The smallest absolute Gasteiger partial charge is 0.414 e. The van der Waals surface area contributed by atoms with Gasteiger partial charge in [0.05, 0.1) is 18.3 Å². The van der Waals surface area contributed by atoms with E-state index in [1.54, 1.807) is 4.90 Å². The molecule has 2 rings (SSSR count). The van der Waals surface area contributed by atoms with E-state index < -0.39 is 0 Å². The summed E-state index contributed by atoms with van der Waals surface area (Å²) < 4.78 is 5.18. The fraction of sp³-hybridized carbons (Fsp3) is 0.533. The summed E-state index contributed by atoms with van der Waals surface area (Å²) in [5.74, 6) is 0. The lowest BCUT2D eigenvalue weighted by Crippen LogP contribution is -2.50. The van der Waals surface area contributed by atoms with Crippen LogP contribution in [0.3, 0.4) is 0 Å². The first-order valence-electron chi connectivity index (χ1n) is 6.70. The standard InChI is InChI=1S/C15H22N2O2/c1-15(2,3)12-6-4-5-7-13(12)17-11(10-16)8-9-19-14(17)18/h4-7,11H,8-10,16H2,1-3H3. The summed E-state index contributed by atoms with van der Waals surface area (Å²) in [4.78, 5) is 13.8. The van der Waals surface area contributed by atoms with Crippen molar-refractivity contribution in [1.82, 2.24) is 0 Å². The number of amides is 1. The van der Waals surface area contributed by atoms with Crippen molar-refractivity contribution in [2.24, 2.45) is 5.73 Å². The average Bonchev–Trinajstić information content (AvgIpc) is 2.37. The quantitative estimate of drug-likeness (QED) is 0.891.